The molecule has 6 heteroatoms. The van der Waals surface area contributed by atoms with Gasteiger partial charge in [0.2, 0.25) is 0 Å². The molecule has 5 nitrogen and oxygen atoms in total. The molecule has 0 radical (unpaired) electrons. The molecular formula is C12H6BrN5. The van der Waals surface area contributed by atoms with E-state index in [4.69, 9.17) is 5.26 Å². The van der Waals surface area contributed by atoms with Crippen LogP contribution < -0.4 is 0 Å². The molecule has 0 amide bonds. The average molecular weight is 300 g/mol. The number of fused-ring (bicyclic) bond motifs is 1. The highest BCUT2D eigenvalue weighted by Crippen LogP contribution is 2.24. The molecule has 0 aliphatic heterocycles. The Morgan fingerprint density at radius 1 is 1.28 bits per heavy atom. The highest BCUT2D eigenvalue weighted by atomic mass is 79.9. The Balaban J connectivity index is 2.26. The van der Waals surface area contributed by atoms with Crippen molar-refractivity contribution in [2.75, 3.05) is 0 Å². The summed E-state index contributed by atoms with van der Waals surface area (Å²) in [6.45, 7) is 0. The summed E-state index contributed by atoms with van der Waals surface area (Å²) >= 11 is 3.44. The molecule has 0 atom stereocenters. The van der Waals surface area contributed by atoms with Crippen LogP contribution in [0.15, 0.2) is 41.1 Å². The van der Waals surface area contributed by atoms with E-state index >= 15 is 0 Å². The summed E-state index contributed by atoms with van der Waals surface area (Å²) in [6.07, 6.45) is 3.47. The molecule has 86 valence electrons. The fraction of sp³-hybridized carbons (Fsp3) is 0. The predicted molar refractivity (Wildman–Crippen MR) is 68.6 cm³/mol. The molecule has 0 aliphatic rings. The van der Waals surface area contributed by atoms with Gasteiger partial charge in [-0.15, -0.1) is 10.2 Å². The van der Waals surface area contributed by atoms with Gasteiger partial charge in [0.25, 0.3) is 0 Å². The van der Waals surface area contributed by atoms with Crippen LogP contribution in [0.4, 0.5) is 0 Å². The summed E-state index contributed by atoms with van der Waals surface area (Å²) in [6, 6.07) is 9.21. The Labute approximate surface area is 111 Å². The molecule has 0 bridgehead atoms. The Morgan fingerprint density at radius 2 is 2.17 bits per heavy atom. The van der Waals surface area contributed by atoms with E-state index in [1.54, 1.807) is 28.9 Å². The van der Waals surface area contributed by atoms with Gasteiger partial charge in [-0.25, -0.2) is 0 Å². The van der Waals surface area contributed by atoms with E-state index in [0.717, 1.165) is 10.2 Å². The van der Waals surface area contributed by atoms with Gasteiger partial charge in [-0.3, -0.25) is 9.38 Å². The molecule has 3 aromatic rings. The lowest BCUT2D eigenvalue weighted by molar-refractivity contribution is 1.08. The Hall–Kier alpha value is -2.26. The molecule has 0 unspecified atom stereocenters. The van der Waals surface area contributed by atoms with Crippen molar-refractivity contribution in [3.63, 3.8) is 0 Å². The first kappa shape index (κ1) is 10.9. The van der Waals surface area contributed by atoms with Crippen LogP contribution in [0.3, 0.4) is 0 Å². The number of rotatable bonds is 1. The van der Waals surface area contributed by atoms with Gasteiger partial charge in [0.1, 0.15) is 5.69 Å². The maximum atomic E-state index is 8.84. The maximum Gasteiger partial charge on any atom is 0.188 e. The number of pyridine rings is 2. The van der Waals surface area contributed by atoms with Crippen molar-refractivity contribution in [1.29, 1.82) is 5.26 Å². The van der Waals surface area contributed by atoms with E-state index in [9.17, 15) is 0 Å². The second-order valence-corrected chi connectivity index (χ2v) is 4.47. The van der Waals surface area contributed by atoms with Crippen LogP contribution in [0.25, 0.3) is 17.2 Å². The van der Waals surface area contributed by atoms with Gasteiger partial charge in [0, 0.05) is 22.9 Å². The summed E-state index contributed by atoms with van der Waals surface area (Å²) < 4.78 is 2.65. The number of aromatic nitrogens is 4. The van der Waals surface area contributed by atoms with E-state index in [0.29, 0.717) is 17.0 Å². The van der Waals surface area contributed by atoms with Crippen LogP contribution in [0, 0.1) is 11.3 Å². The SMILES string of the molecule is N#Cc1ccn2c(-c3ncccc3Br)nnc2c1. The molecule has 0 spiro atoms. The Morgan fingerprint density at radius 3 is 2.94 bits per heavy atom. The fourth-order valence-corrected chi connectivity index (χ4v) is 2.10. The van der Waals surface area contributed by atoms with Crippen molar-refractivity contribution in [2.24, 2.45) is 0 Å². The molecule has 18 heavy (non-hydrogen) atoms. The topological polar surface area (TPSA) is 66.9 Å². The highest BCUT2D eigenvalue weighted by molar-refractivity contribution is 9.10. The van der Waals surface area contributed by atoms with Crippen LogP contribution in [-0.2, 0) is 0 Å². The summed E-state index contributed by atoms with van der Waals surface area (Å²) in [5, 5.41) is 17.0. The summed E-state index contributed by atoms with van der Waals surface area (Å²) in [4.78, 5) is 4.28. The molecule has 0 N–H and O–H groups in total. The Kier molecular flexibility index (Phi) is 2.54. The largest absolute Gasteiger partial charge is 0.281 e. The minimum Gasteiger partial charge on any atom is -0.281 e. The first-order valence-corrected chi connectivity index (χ1v) is 5.94. The van der Waals surface area contributed by atoms with Crippen molar-refractivity contribution in [3.8, 4) is 17.6 Å². The molecule has 3 aromatic heterocycles. The number of halogens is 1. The van der Waals surface area contributed by atoms with Gasteiger partial charge in [0.15, 0.2) is 11.5 Å². The maximum absolute atomic E-state index is 8.84. The minimum absolute atomic E-state index is 0.557. The molecule has 0 saturated heterocycles. The molecule has 0 aromatic carbocycles. The van der Waals surface area contributed by atoms with E-state index in [1.807, 2.05) is 12.1 Å². The zero-order valence-electron chi connectivity index (χ0n) is 9.08. The second kappa shape index (κ2) is 4.20. The second-order valence-electron chi connectivity index (χ2n) is 3.61. The Bertz CT molecular complexity index is 771. The quantitative estimate of drug-likeness (QED) is 0.692. The summed E-state index contributed by atoms with van der Waals surface area (Å²) in [7, 11) is 0. The van der Waals surface area contributed by atoms with Crippen LogP contribution in [0.5, 0.6) is 0 Å². The van der Waals surface area contributed by atoms with Gasteiger partial charge >= 0.3 is 0 Å². The molecular weight excluding hydrogens is 294 g/mol. The number of nitriles is 1. The van der Waals surface area contributed by atoms with E-state index < -0.39 is 0 Å². The predicted octanol–water partition coefficient (Wildman–Crippen LogP) is 2.43. The van der Waals surface area contributed by atoms with Crippen molar-refractivity contribution >= 4 is 21.6 Å². The van der Waals surface area contributed by atoms with Gasteiger partial charge in [-0.2, -0.15) is 5.26 Å². The van der Waals surface area contributed by atoms with Crippen molar-refractivity contribution in [3.05, 3.63) is 46.7 Å². The number of nitrogens with zero attached hydrogens (tertiary/aromatic N) is 5. The lowest BCUT2D eigenvalue weighted by Crippen LogP contribution is -1.92. The average Bonchev–Trinajstić information content (AvgIpc) is 2.82. The molecule has 0 aliphatic carbocycles. The van der Waals surface area contributed by atoms with Crippen LogP contribution in [-0.4, -0.2) is 19.6 Å². The van der Waals surface area contributed by atoms with Gasteiger partial charge in [0.05, 0.1) is 11.6 Å². The summed E-state index contributed by atoms with van der Waals surface area (Å²) in [5.41, 5.74) is 1.90. The third-order valence-corrected chi connectivity index (χ3v) is 3.15. The zero-order chi connectivity index (χ0) is 12.5. The monoisotopic (exact) mass is 299 g/mol. The van der Waals surface area contributed by atoms with Gasteiger partial charge < -0.3 is 0 Å². The van der Waals surface area contributed by atoms with Crippen molar-refractivity contribution in [2.45, 2.75) is 0 Å². The smallest absolute Gasteiger partial charge is 0.188 e. The fourth-order valence-electron chi connectivity index (χ4n) is 1.67. The molecule has 0 fully saturated rings. The van der Waals surface area contributed by atoms with E-state index in [2.05, 4.69) is 37.2 Å². The third-order valence-electron chi connectivity index (χ3n) is 2.51. The lowest BCUT2D eigenvalue weighted by Gasteiger charge is -2.01. The van der Waals surface area contributed by atoms with Crippen LogP contribution in [0.2, 0.25) is 0 Å². The molecule has 3 rings (SSSR count). The van der Waals surface area contributed by atoms with E-state index in [-0.39, 0.29) is 0 Å². The van der Waals surface area contributed by atoms with Gasteiger partial charge in [-0.1, -0.05) is 0 Å². The standard InChI is InChI=1S/C12H6BrN5/c13-9-2-1-4-15-11(9)12-17-16-10-6-8(7-14)3-5-18(10)12/h1-6H. The first-order valence-electron chi connectivity index (χ1n) is 5.15. The van der Waals surface area contributed by atoms with Crippen LogP contribution >= 0.6 is 15.9 Å². The number of hydrogen-bond donors (Lipinski definition) is 0. The highest BCUT2D eigenvalue weighted by Gasteiger charge is 2.12. The van der Waals surface area contributed by atoms with E-state index in [1.165, 1.54) is 0 Å². The number of hydrogen-bond acceptors (Lipinski definition) is 4. The van der Waals surface area contributed by atoms with Gasteiger partial charge in [-0.05, 0) is 34.1 Å². The minimum atomic E-state index is 0.557. The molecule has 0 saturated carbocycles. The lowest BCUT2D eigenvalue weighted by atomic mass is 10.3. The van der Waals surface area contributed by atoms with Crippen molar-refractivity contribution < 1.29 is 0 Å². The third kappa shape index (κ3) is 1.65. The normalized spacial score (nSPS) is 10.4. The zero-order valence-corrected chi connectivity index (χ0v) is 10.7. The summed E-state index contributed by atoms with van der Waals surface area (Å²) in [5.74, 6) is 0.641. The first-order chi connectivity index (χ1) is 8.79. The van der Waals surface area contributed by atoms with Crippen molar-refractivity contribution in [1.82, 2.24) is 19.6 Å². The molecule has 3 heterocycles. The van der Waals surface area contributed by atoms with Crippen LogP contribution in [0.1, 0.15) is 5.56 Å².